The van der Waals surface area contributed by atoms with E-state index in [0.717, 1.165) is 18.1 Å². The van der Waals surface area contributed by atoms with E-state index in [1.807, 2.05) is 23.8 Å². The van der Waals surface area contributed by atoms with Crippen LogP contribution in [0.25, 0.3) is 5.82 Å². The fourth-order valence-corrected chi connectivity index (χ4v) is 5.27. The number of rotatable bonds is 4. The summed E-state index contributed by atoms with van der Waals surface area (Å²) in [7, 11) is -3.64. The minimum absolute atomic E-state index is 0.218. The smallest absolute Gasteiger partial charge is 0.243 e. The standard InChI is InChI=1S/C21H24N6O4S/c1-16-23-20(14-21(24-16)26-6-5-22-15-26)25-7-9-27(10-8-25)32(28,29)17-3-4-18-19(13-17)31-12-2-11-30-18/h3-6,13-15H,2,7-12H2,1H3. The van der Waals surface area contributed by atoms with E-state index in [-0.39, 0.29) is 4.90 Å². The number of hydrogen-bond acceptors (Lipinski definition) is 8. The number of fused-ring (bicyclic) bond motifs is 1. The van der Waals surface area contributed by atoms with Gasteiger partial charge < -0.3 is 14.4 Å². The van der Waals surface area contributed by atoms with E-state index in [1.165, 1.54) is 4.31 Å². The average molecular weight is 457 g/mol. The minimum atomic E-state index is -3.64. The van der Waals surface area contributed by atoms with Crippen LogP contribution in [0.15, 0.2) is 47.9 Å². The van der Waals surface area contributed by atoms with Gasteiger partial charge in [0.1, 0.15) is 23.8 Å². The Morgan fingerprint density at radius 2 is 1.69 bits per heavy atom. The first kappa shape index (κ1) is 20.7. The molecule has 0 atom stereocenters. The summed E-state index contributed by atoms with van der Waals surface area (Å²) in [5.74, 6) is 3.21. The van der Waals surface area contributed by atoms with Crippen LogP contribution in [0.5, 0.6) is 11.5 Å². The van der Waals surface area contributed by atoms with Gasteiger partial charge in [0.05, 0.1) is 18.1 Å². The molecule has 0 N–H and O–H groups in total. The van der Waals surface area contributed by atoms with Crippen LogP contribution < -0.4 is 14.4 Å². The molecule has 1 fully saturated rings. The number of imidazole rings is 1. The van der Waals surface area contributed by atoms with E-state index in [0.29, 0.717) is 56.7 Å². The van der Waals surface area contributed by atoms with Gasteiger partial charge in [-0.2, -0.15) is 4.31 Å². The Bertz CT molecular complexity index is 1210. The molecule has 1 aromatic carbocycles. The zero-order chi connectivity index (χ0) is 22.1. The predicted octanol–water partition coefficient (Wildman–Crippen LogP) is 1.64. The highest BCUT2D eigenvalue weighted by Crippen LogP contribution is 2.33. The van der Waals surface area contributed by atoms with Crippen LogP contribution in [0.4, 0.5) is 5.82 Å². The zero-order valence-corrected chi connectivity index (χ0v) is 18.5. The number of nitrogens with zero attached hydrogens (tertiary/aromatic N) is 6. The summed E-state index contributed by atoms with van der Waals surface area (Å²) in [4.78, 5) is 15.4. The van der Waals surface area contributed by atoms with Crippen molar-refractivity contribution in [3.63, 3.8) is 0 Å². The van der Waals surface area contributed by atoms with Crippen molar-refractivity contribution in [2.45, 2.75) is 18.2 Å². The van der Waals surface area contributed by atoms with Crippen LogP contribution in [0, 0.1) is 6.92 Å². The van der Waals surface area contributed by atoms with Crippen LogP contribution >= 0.6 is 0 Å². The number of anilines is 1. The molecule has 1 saturated heterocycles. The number of piperazine rings is 1. The average Bonchev–Trinajstić information content (AvgIpc) is 3.24. The maximum absolute atomic E-state index is 13.2. The highest BCUT2D eigenvalue weighted by Gasteiger charge is 2.30. The van der Waals surface area contributed by atoms with Gasteiger partial charge in [-0.05, 0) is 19.1 Å². The second kappa shape index (κ2) is 8.40. The van der Waals surface area contributed by atoms with Crippen molar-refractivity contribution >= 4 is 15.8 Å². The lowest BCUT2D eigenvalue weighted by Gasteiger charge is -2.34. The van der Waals surface area contributed by atoms with Crippen molar-refractivity contribution in [1.29, 1.82) is 0 Å². The molecule has 2 aliphatic heterocycles. The van der Waals surface area contributed by atoms with Crippen molar-refractivity contribution in [3.8, 4) is 17.3 Å². The molecule has 2 aromatic heterocycles. The second-order valence-electron chi connectivity index (χ2n) is 7.65. The Labute approximate surface area is 186 Å². The van der Waals surface area contributed by atoms with Crippen molar-refractivity contribution in [1.82, 2.24) is 23.8 Å². The molecule has 0 radical (unpaired) electrons. The quantitative estimate of drug-likeness (QED) is 0.584. The third kappa shape index (κ3) is 4.00. The molecule has 5 rings (SSSR count). The SMILES string of the molecule is Cc1nc(N2CCN(S(=O)(=O)c3ccc4c(c3)OCCCO4)CC2)cc(-n2ccnc2)n1. The van der Waals surface area contributed by atoms with Gasteiger partial charge in [-0.15, -0.1) is 0 Å². The summed E-state index contributed by atoms with van der Waals surface area (Å²) >= 11 is 0. The van der Waals surface area contributed by atoms with Gasteiger partial charge in [-0.25, -0.2) is 23.4 Å². The Morgan fingerprint density at radius 1 is 0.938 bits per heavy atom. The monoisotopic (exact) mass is 456 g/mol. The fourth-order valence-electron chi connectivity index (χ4n) is 3.84. The molecule has 11 heteroatoms. The highest BCUT2D eigenvalue weighted by atomic mass is 32.2. The van der Waals surface area contributed by atoms with Crippen molar-refractivity contribution in [2.75, 3.05) is 44.3 Å². The van der Waals surface area contributed by atoms with Gasteiger partial charge in [-0.3, -0.25) is 4.57 Å². The first-order chi connectivity index (χ1) is 15.5. The number of ether oxygens (including phenoxy) is 2. The molecular formula is C21H24N6O4S. The molecule has 0 aliphatic carbocycles. The van der Waals surface area contributed by atoms with Crippen LogP contribution in [0.3, 0.4) is 0 Å². The normalized spacial score (nSPS) is 17.2. The number of aryl methyl sites for hydroxylation is 1. The Morgan fingerprint density at radius 3 is 2.44 bits per heavy atom. The molecule has 4 heterocycles. The van der Waals surface area contributed by atoms with E-state index in [2.05, 4.69) is 19.9 Å². The topological polar surface area (TPSA) is 103 Å². The molecule has 0 amide bonds. The van der Waals surface area contributed by atoms with Crippen molar-refractivity contribution in [2.24, 2.45) is 0 Å². The third-order valence-corrected chi connectivity index (χ3v) is 7.39. The van der Waals surface area contributed by atoms with E-state index in [4.69, 9.17) is 9.47 Å². The Balaban J connectivity index is 1.32. The van der Waals surface area contributed by atoms with Gasteiger partial charge >= 0.3 is 0 Å². The van der Waals surface area contributed by atoms with Gasteiger partial charge in [0.2, 0.25) is 10.0 Å². The van der Waals surface area contributed by atoms with Gasteiger partial charge in [0, 0.05) is 57.1 Å². The minimum Gasteiger partial charge on any atom is -0.490 e. The van der Waals surface area contributed by atoms with Crippen LogP contribution in [0.1, 0.15) is 12.2 Å². The molecular weight excluding hydrogens is 432 g/mol. The van der Waals surface area contributed by atoms with Crippen molar-refractivity contribution in [3.05, 3.63) is 48.8 Å². The van der Waals surface area contributed by atoms with E-state index < -0.39 is 10.0 Å². The molecule has 2 aliphatic rings. The van der Waals surface area contributed by atoms with Gasteiger partial charge in [-0.1, -0.05) is 0 Å². The molecule has 0 spiro atoms. The van der Waals surface area contributed by atoms with Crippen molar-refractivity contribution < 1.29 is 17.9 Å². The summed E-state index contributed by atoms with van der Waals surface area (Å²) in [5.41, 5.74) is 0. The molecule has 0 unspecified atom stereocenters. The van der Waals surface area contributed by atoms with Gasteiger partial charge in [0.15, 0.2) is 11.5 Å². The maximum atomic E-state index is 13.2. The lowest BCUT2D eigenvalue weighted by Crippen LogP contribution is -2.49. The number of aromatic nitrogens is 4. The zero-order valence-electron chi connectivity index (χ0n) is 17.7. The van der Waals surface area contributed by atoms with Crippen LogP contribution in [-0.4, -0.2) is 71.6 Å². The molecule has 10 nitrogen and oxygen atoms in total. The summed E-state index contributed by atoms with van der Waals surface area (Å²) in [6.45, 7) is 4.70. The van der Waals surface area contributed by atoms with E-state index >= 15 is 0 Å². The number of hydrogen-bond donors (Lipinski definition) is 0. The fraction of sp³-hybridized carbons (Fsp3) is 0.381. The van der Waals surface area contributed by atoms with Gasteiger partial charge in [0.25, 0.3) is 0 Å². The predicted molar refractivity (Wildman–Crippen MR) is 117 cm³/mol. The highest BCUT2D eigenvalue weighted by molar-refractivity contribution is 7.89. The molecule has 0 bridgehead atoms. The summed E-state index contributed by atoms with van der Waals surface area (Å²) in [6.07, 6.45) is 5.97. The van der Waals surface area contributed by atoms with E-state index in [9.17, 15) is 8.42 Å². The van der Waals surface area contributed by atoms with E-state index in [1.54, 1.807) is 30.7 Å². The molecule has 3 aromatic rings. The first-order valence-corrected chi connectivity index (χ1v) is 11.9. The van der Waals surface area contributed by atoms with Crippen LogP contribution in [0.2, 0.25) is 0 Å². The summed E-state index contributed by atoms with van der Waals surface area (Å²) < 4.78 is 41.1. The van der Waals surface area contributed by atoms with Crippen LogP contribution in [-0.2, 0) is 10.0 Å². The number of sulfonamides is 1. The lowest BCUT2D eigenvalue weighted by molar-refractivity contribution is 0.296. The number of benzene rings is 1. The molecule has 32 heavy (non-hydrogen) atoms. The second-order valence-corrected chi connectivity index (χ2v) is 9.59. The Kier molecular flexibility index (Phi) is 5.43. The first-order valence-electron chi connectivity index (χ1n) is 10.5. The maximum Gasteiger partial charge on any atom is 0.243 e. The molecule has 168 valence electrons. The lowest BCUT2D eigenvalue weighted by atomic mass is 10.3. The molecule has 0 saturated carbocycles. The summed E-state index contributed by atoms with van der Waals surface area (Å²) in [6, 6.07) is 6.71. The largest absolute Gasteiger partial charge is 0.490 e. The summed E-state index contributed by atoms with van der Waals surface area (Å²) in [5, 5.41) is 0. The Hall–Kier alpha value is -3.18. The third-order valence-electron chi connectivity index (χ3n) is 5.50.